The minimum absolute atomic E-state index is 0.00929. The molecule has 2 aromatic heterocycles. The summed E-state index contributed by atoms with van der Waals surface area (Å²) in [7, 11) is 4.40. The first-order valence-corrected chi connectivity index (χ1v) is 14.1. The van der Waals surface area contributed by atoms with E-state index >= 15 is 0 Å². The van der Waals surface area contributed by atoms with Crippen LogP contribution in [0.2, 0.25) is 0 Å². The SMILES string of the molecule is Cc1c(-c2ccnn2-c2ccc(C#N)cc2)n(C(=O)N[C@H]2C[C@@H]3C[N+](C)(C)C[C@@H]3C2)c(=O)n1-c1cccc(C(F)(F)F)c1. The lowest BCUT2D eigenvalue weighted by atomic mass is 10.0. The van der Waals surface area contributed by atoms with Crippen LogP contribution in [-0.2, 0) is 6.18 Å². The van der Waals surface area contributed by atoms with Crippen molar-refractivity contribution in [2.24, 2.45) is 11.8 Å². The molecule has 6 rings (SSSR count). The Morgan fingerprint density at radius 3 is 2.35 bits per heavy atom. The molecule has 9 nitrogen and oxygen atoms in total. The van der Waals surface area contributed by atoms with Crippen molar-refractivity contribution in [2.45, 2.75) is 32.0 Å². The van der Waals surface area contributed by atoms with E-state index in [4.69, 9.17) is 0 Å². The summed E-state index contributed by atoms with van der Waals surface area (Å²) in [4.78, 5) is 27.9. The number of fused-ring (bicyclic) bond motifs is 1. The Kier molecular flexibility index (Phi) is 6.81. The van der Waals surface area contributed by atoms with Gasteiger partial charge in [0.2, 0.25) is 0 Å². The fourth-order valence-electron chi connectivity index (χ4n) is 6.95. The normalized spacial score (nSPS) is 21.0. The summed E-state index contributed by atoms with van der Waals surface area (Å²) in [5.41, 5.74) is 0.199. The number of carbonyl (C=O) groups is 1. The van der Waals surface area contributed by atoms with Gasteiger partial charge in [0.05, 0.1) is 73.3 Å². The van der Waals surface area contributed by atoms with Gasteiger partial charge in [0.25, 0.3) is 0 Å². The topological polar surface area (TPSA) is 97.6 Å². The van der Waals surface area contributed by atoms with Crippen LogP contribution in [0, 0.1) is 30.1 Å². The molecule has 1 aliphatic heterocycles. The molecule has 12 heteroatoms. The van der Waals surface area contributed by atoms with Gasteiger partial charge in [-0.1, -0.05) is 6.07 Å². The molecule has 4 aromatic rings. The second-order valence-electron chi connectivity index (χ2n) is 12.2. The van der Waals surface area contributed by atoms with Crippen molar-refractivity contribution >= 4 is 6.03 Å². The molecule has 1 saturated carbocycles. The molecule has 1 aliphatic carbocycles. The molecule has 2 fully saturated rings. The van der Waals surface area contributed by atoms with Crippen LogP contribution in [-0.4, -0.2) is 62.7 Å². The number of alkyl halides is 3. The molecule has 222 valence electrons. The van der Waals surface area contributed by atoms with Crippen LogP contribution in [0.1, 0.15) is 29.7 Å². The van der Waals surface area contributed by atoms with Crippen LogP contribution in [0.5, 0.6) is 0 Å². The van der Waals surface area contributed by atoms with Crippen molar-refractivity contribution in [3.05, 3.63) is 88.1 Å². The van der Waals surface area contributed by atoms with Crippen LogP contribution in [0.3, 0.4) is 0 Å². The summed E-state index contributed by atoms with van der Waals surface area (Å²) < 4.78 is 45.4. The highest BCUT2D eigenvalue weighted by molar-refractivity contribution is 5.83. The summed E-state index contributed by atoms with van der Waals surface area (Å²) in [6.07, 6.45) is -1.49. The van der Waals surface area contributed by atoms with E-state index in [1.54, 1.807) is 37.3 Å². The molecule has 3 heterocycles. The number of likely N-dealkylation sites (tertiary alicyclic amines) is 1. The number of hydrogen-bond acceptors (Lipinski definition) is 4. The van der Waals surface area contributed by atoms with E-state index in [2.05, 4.69) is 30.6 Å². The van der Waals surface area contributed by atoms with Crippen molar-refractivity contribution in [2.75, 3.05) is 27.2 Å². The predicted molar refractivity (Wildman–Crippen MR) is 153 cm³/mol. The lowest BCUT2D eigenvalue weighted by Crippen LogP contribution is -2.43. The number of rotatable bonds is 4. The summed E-state index contributed by atoms with van der Waals surface area (Å²) in [6.45, 7) is 3.64. The number of nitrogens with one attached hydrogen (secondary N) is 1. The first-order chi connectivity index (χ1) is 20.4. The molecule has 2 aliphatic rings. The van der Waals surface area contributed by atoms with E-state index in [1.807, 2.05) is 0 Å². The highest BCUT2D eigenvalue weighted by Crippen LogP contribution is 2.40. The number of nitrogens with zero attached hydrogens (tertiary/aromatic N) is 6. The van der Waals surface area contributed by atoms with Crippen LogP contribution in [0.25, 0.3) is 22.8 Å². The summed E-state index contributed by atoms with van der Waals surface area (Å²) >= 11 is 0. The van der Waals surface area contributed by atoms with E-state index in [0.717, 1.165) is 51.7 Å². The lowest BCUT2D eigenvalue weighted by molar-refractivity contribution is -0.881. The van der Waals surface area contributed by atoms with Crippen molar-refractivity contribution in [3.8, 4) is 28.8 Å². The minimum atomic E-state index is -4.61. The van der Waals surface area contributed by atoms with Crippen LogP contribution in [0.4, 0.5) is 18.0 Å². The highest BCUT2D eigenvalue weighted by atomic mass is 19.4. The molecule has 0 bridgehead atoms. The largest absolute Gasteiger partial charge is 0.416 e. The Hall–Kier alpha value is -4.63. The third kappa shape index (κ3) is 5.14. The van der Waals surface area contributed by atoms with E-state index < -0.39 is 23.5 Å². The van der Waals surface area contributed by atoms with Crippen LogP contribution >= 0.6 is 0 Å². The Morgan fingerprint density at radius 2 is 1.72 bits per heavy atom. The molecule has 2 aromatic carbocycles. The first kappa shape index (κ1) is 28.5. The van der Waals surface area contributed by atoms with E-state index in [-0.39, 0.29) is 23.1 Å². The van der Waals surface area contributed by atoms with Crippen LogP contribution < -0.4 is 11.0 Å². The first-order valence-electron chi connectivity index (χ1n) is 14.1. The molecule has 1 saturated heterocycles. The van der Waals surface area contributed by atoms with E-state index in [1.165, 1.54) is 23.0 Å². The fourth-order valence-corrected chi connectivity index (χ4v) is 6.95. The zero-order valence-corrected chi connectivity index (χ0v) is 24.0. The standard InChI is InChI=1S/C31H30F3N7O2/c1-19-28(27-11-12-36-40(27)25-9-7-20(16-35)8-10-25)39(29(42)37-24-13-21-17-41(2,3)18-22(21)14-24)30(43)38(19)26-6-4-5-23(15-26)31(32,33)34/h4-12,15,21-22,24H,13-14,17-18H2,1-3H3/p+1/t21-,22+,24+. The van der Waals surface area contributed by atoms with Gasteiger partial charge < -0.3 is 9.80 Å². The quantitative estimate of drug-likeness (QED) is 0.348. The van der Waals surface area contributed by atoms with Gasteiger partial charge in [0.15, 0.2) is 0 Å². The zero-order chi connectivity index (χ0) is 30.7. The number of aromatic nitrogens is 4. The third-order valence-corrected chi connectivity index (χ3v) is 8.67. The smallest absolute Gasteiger partial charge is 0.335 e. The molecule has 43 heavy (non-hydrogen) atoms. The number of halogens is 3. The second-order valence-corrected chi connectivity index (χ2v) is 12.2. The number of hydrogen-bond donors (Lipinski definition) is 1. The lowest BCUT2D eigenvalue weighted by Gasteiger charge is -2.25. The Balaban J connectivity index is 1.45. The van der Waals surface area contributed by atoms with Gasteiger partial charge in [-0.05, 0) is 68.3 Å². The molecule has 1 amide bonds. The monoisotopic (exact) mass is 590 g/mol. The Labute approximate surface area is 246 Å². The van der Waals surface area contributed by atoms with Gasteiger partial charge in [0, 0.05) is 17.9 Å². The average molecular weight is 591 g/mol. The third-order valence-electron chi connectivity index (χ3n) is 8.67. The molecule has 3 atom stereocenters. The number of carbonyl (C=O) groups excluding carboxylic acids is 1. The molecular weight excluding hydrogens is 559 g/mol. The molecule has 0 unspecified atom stereocenters. The molecule has 0 spiro atoms. The fraction of sp³-hybridized carbons (Fsp3) is 0.355. The molecular formula is C31H31F3N7O2+. The summed E-state index contributed by atoms with van der Waals surface area (Å²) in [5.74, 6) is 0.955. The van der Waals surface area contributed by atoms with E-state index in [0.29, 0.717) is 28.8 Å². The second kappa shape index (κ2) is 10.3. The zero-order valence-electron chi connectivity index (χ0n) is 24.0. The average Bonchev–Trinajstić information content (AvgIpc) is 3.68. The molecule has 0 radical (unpaired) electrons. The highest BCUT2D eigenvalue weighted by Gasteiger charge is 2.47. The number of nitriles is 1. The predicted octanol–water partition coefficient (Wildman–Crippen LogP) is 4.73. The van der Waals surface area contributed by atoms with Crippen molar-refractivity contribution in [1.82, 2.24) is 24.2 Å². The number of amides is 1. The number of imidazole rings is 1. The summed E-state index contributed by atoms with van der Waals surface area (Å²) in [6, 6.07) is 14.0. The Morgan fingerprint density at radius 1 is 1.05 bits per heavy atom. The molecule has 1 N–H and O–H groups in total. The van der Waals surface area contributed by atoms with E-state index in [9.17, 15) is 28.0 Å². The van der Waals surface area contributed by atoms with Gasteiger partial charge in [-0.25, -0.2) is 18.8 Å². The van der Waals surface area contributed by atoms with Crippen molar-refractivity contribution < 1.29 is 22.4 Å². The van der Waals surface area contributed by atoms with Gasteiger partial charge in [-0.3, -0.25) is 4.57 Å². The van der Waals surface area contributed by atoms with Gasteiger partial charge in [-0.2, -0.15) is 23.5 Å². The maximum absolute atomic E-state index is 14.0. The maximum Gasteiger partial charge on any atom is 0.416 e. The van der Waals surface area contributed by atoms with Gasteiger partial charge in [0.1, 0.15) is 5.69 Å². The number of quaternary nitrogens is 1. The van der Waals surface area contributed by atoms with Gasteiger partial charge in [-0.15, -0.1) is 0 Å². The van der Waals surface area contributed by atoms with Crippen molar-refractivity contribution in [3.63, 3.8) is 0 Å². The Bertz CT molecular complexity index is 1790. The minimum Gasteiger partial charge on any atom is -0.335 e. The summed E-state index contributed by atoms with van der Waals surface area (Å²) in [5, 5.41) is 16.7. The van der Waals surface area contributed by atoms with Crippen molar-refractivity contribution in [1.29, 1.82) is 5.26 Å². The van der Waals surface area contributed by atoms with Gasteiger partial charge >= 0.3 is 17.9 Å². The van der Waals surface area contributed by atoms with Crippen LogP contribution in [0.15, 0.2) is 65.6 Å². The maximum atomic E-state index is 14.0. The number of benzene rings is 2.